The molecule has 0 amide bonds. The van der Waals surface area contributed by atoms with Crippen LogP contribution in [0, 0.1) is 0 Å². The van der Waals surface area contributed by atoms with E-state index in [4.69, 9.17) is 9.47 Å². The first kappa shape index (κ1) is 10.2. The van der Waals surface area contributed by atoms with Gasteiger partial charge in [-0.2, -0.15) is 12.6 Å². The van der Waals surface area contributed by atoms with Crippen molar-refractivity contribution in [2.45, 2.75) is 19.8 Å². The third-order valence-electron chi connectivity index (χ3n) is 0.940. The fraction of sp³-hybridized carbons (Fsp3) is 1.00. The van der Waals surface area contributed by atoms with Crippen molar-refractivity contribution in [2.75, 3.05) is 19.0 Å². The van der Waals surface area contributed by atoms with E-state index in [0.29, 0.717) is 13.2 Å². The van der Waals surface area contributed by atoms with Crippen LogP contribution < -0.4 is 0 Å². The van der Waals surface area contributed by atoms with Crippen LogP contribution in [0.25, 0.3) is 0 Å². The molecule has 0 radical (unpaired) electrons. The van der Waals surface area contributed by atoms with Gasteiger partial charge in [0.25, 0.3) is 5.97 Å². The summed E-state index contributed by atoms with van der Waals surface area (Å²) in [7, 11) is 0. The van der Waals surface area contributed by atoms with E-state index in [-0.39, 0.29) is 5.75 Å². The first-order chi connectivity index (χ1) is 4.68. The maximum absolute atomic E-state index is 9.30. The third-order valence-corrected chi connectivity index (χ3v) is 1.34. The minimum absolute atomic E-state index is 0.147. The molecule has 0 aromatic rings. The molecule has 0 aliphatic rings. The second-order valence-corrected chi connectivity index (χ2v) is 2.05. The molecule has 4 heteroatoms. The molecule has 0 unspecified atom stereocenters. The van der Waals surface area contributed by atoms with Crippen molar-refractivity contribution in [3.05, 3.63) is 0 Å². The lowest BCUT2D eigenvalue weighted by molar-refractivity contribution is -0.341. The molecule has 10 heavy (non-hydrogen) atoms. The lowest BCUT2D eigenvalue weighted by Crippen LogP contribution is -2.37. The van der Waals surface area contributed by atoms with Gasteiger partial charge in [0.2, 0.25) is 0 Å². The van der Waals surface area contributed by atoms with Crippen LogP contribution in [-0.2, 0) is 9.47 Å². The summed E-state index contributed by atoms with van der Waals surface area (Å²) in [4.78, 5) is 0. The molecule has 0 saturated carbocycles. The molecule has 3 nitrogen and oxygen atoms in total. The van der Waals surface area contributed by atoms with Crippen molar-refractivity contribution in [1.82, 2.24) is 0 Å². The number of rotatable bonds is 5. The van der Waals surface area contributed by atoms with Crippen LogP contribution in [0.5, 0.6) is 0 Å². The van der Waals surface area contributed by atoms with E-state index in [2.05, 4.69) is 12.6 Å². The lowest BCUT2D eigenvalue weighted by atomic mass is 10.6. The molecule has 0 spiro atoms. The SMILES string of the molecule is CCOC(O)(CS)OCC. The van der Waals surface area contributed by atoms with Gasteiger partial charge < -0.3 is 14.6 Å². The number of hydrogen-bond acceptors (Lipinski definition) is 4. The zero-order valence-electron chi connectivity index (χ0n) is 6.33. The van der Waals surface area contributed by atoms with Crippen molar-refractivity contribution in [3.63, 3.8) is 0 Å². The second kappa shape index (κ2) is 4.96. The molecule has 0 atom stereocenters. The normalized spacial score (nSPS) is 12.0. The quantitative estimate of drug-likeness (QED) is 0.465. The third kappa shape index (κ3) is 3.41. The summed E-state index contributed by atoms with van der Waals surface area (Å²) < 4.78 is 9.75. The number of hydrogen-bond donors (Lipinski definition) is 2. The van der Waals surface area contributed by atoms with Gasteiger partial charge in [0.05, 0.1) is 5.75 Å². The van der Waals surface area contributed by atoms with Crippen LogP contribution in [0.2, 0.25) is 0 Å². The van der Waals surface area contributed by atoms with Crippen molar-refractivity contribution >= 4 is 12.6 Å². The van der Waals surface area contributed by atoms with Gasteiger partial charge >= 0.3 is 0 Å². The van der Waals surface area contributed by atoms with E-state index in [1.807, 2.05) is 0 Å². The average molecular weight is 166 g/mol. The highest BCUT2D eigenvalue weighted by Crippen LogP contribution is 2.10. The topological polar surface area (TPSA) is 38.7 Å². The van der Waals surface area contributed by atoms with Crippen LogP contribution >= 0.6 is 12.6 Å². The Labute approximate surface area is 66.7 Å². The van der Waals surface area contributed by atoms with E-state index in [1.54, 1.807) is 13.8 Å². The Balaban J connectivity index is 3.69. The smallest absolute Gasteiger partial charge is 0.289 e. The van der Waals surface area contributed by atoms with E-state index >= 15 is 0 Å². The molecule has 0 saturated heterocycles. The van der Waals surface area contributed by atoms with Crippen LogP contribution in [-0.4, -0.2) is 30.0 Å². The molecule has 1 N–H and O–H groups in total. The van der Waals surface area contributed by atoms with Gasteiger partial charge in [-0.15, -0.1) is 0 Å². The Morgan fingerprint density at radius 1 is 1.30 bits per heavy atom. The van der Waals surface area contributed by atoms with Gasteiger partial charge in [0, 0.05) is 13.2 Å². The predicted molar refractivity (Wildman–Crippen MR) is 42.1 cm³/mol. The van der Waals surface area contributed by atoms with Crippen LogP contribution in [0.1, 0.15) is 13.8 Å². The zero-order chi connectivity index (χ0) is 8.04. The lowest BCUT2D eigenvalue weighted by Gasteiger charge is -2.24. The van der Waals surface area contributed by atoms with Gasteiger partial charge in [-0.25, -0.2) is 0 Å². The summed E-state index contributed by atoms with van der Waals surface area (Å²) in [6, 6.07) is 0. The Kier molecular flexibility index (Phi) is 5.07. The summed E-state index contributed by atoms with van der Waals surface area (Å²) in [6.07, 6.45) is 0. The highest BCUT2D eigenvalue weighted by atomic mass is 32.1. The van der Waals surface area contributed by atoms with E-state index in [0.717, 1.165) is 0 Å². The molecule has 0 aliphatic carbocycles. The number of aliphatic hydroxyl groups is 1. The Bertz CT molecular complexity index is 81.1. The molecular formula is C6H14O3S. The number of ether oxygens (including phenoxy) is 2. The van der Waals surface area contributed by atoms with E-state index in [9.17, 15) is 5.11 Å². The second-order valence-electron chi connectivity index (χ2n) is 1.74. The molecule has 0 aliphatic heterocycles. The van der Waals surface area contributed by atoms with E-state index < -0.39 is 5.97 Å². The number of thiol groups is 1. The maximum Gasteiger partial charge on any atom is 0.289 e. The zero-order valence-corrected chi connectivity index (χ0v) is 7.23. The minimum Gasteiger partial charge on any atom is -0.343 e. The molecule has 0 aromatic heterocycles. The fourth-order valence-corrected chi connectivity index (χ4v) is 0.767. The van der Waals surface area contributed by atoms with Crippen LogP contribution in [0.4, 0.5) is 0 Å². The van der Waals surface area contributed by atoms with Gasteiger partial charge in [-0.1, -0.05) is 0 Å². The van der Waals surface area contributed by atoms with Gasteiger partial charge in [-0.05, 0) is 13.8 Å². The van der Waals surface area contributed by atoms with Gasteiger partial charge in [-0.3, -0.25) is 0 Å². The van der Waals surface area contributed by atoms with Crippen LogP contribution in [0.3, 0.4) is 0 Å². The van der Waals surface area contributed by atoms with Crippen LogP contribution in [0.15, 0.2) is 0 Å². The van der Waals surface area contributed by atoms with Gasteiger partial charge in [0.1, 0.15) is 0 Å². The Morgan fingerprint density at radius 2 is 1.70 bits per heavy atom. The minimum atomic E-state index is -1.49. The highest BCUT2D eigenvalue weighted by molar-refractivity contribution is 7.80. The predicted octanol–water partition coefficient (Wildman–Crippen LogP) is 0.635. The molecule has 0 aromatic carbocycles. The largest absolute Gasteiger partial charge is 0.343 e. The van der Waals surface area contributed by atoms with Crippen molar-refractivity contribution in [3.8, 4) is 0 Å². The van der Waals surface area contributed by atoms with Crippen molar-refractivity contribution < 1.29 is 14.6 Å². The summed E-state index contributed by atoms with van der Waals surface area (Å²) in [6.45, 7) is 4.40. The highest BCUT2D eigenvalue weighted by Gasteiger charge is 2.25. The Morgan fingerprint density at radius 3 is 1.90 bits per heavy atom. The van der Waals surface area contributed by atoms with Gasteiger partial charge in [0.15, 0.2) is 0 Å². The monoisotopic (exact) mass is 166 g/mol. The van der Waals surface area contributed by atoms with E-state index in [1.165, 1.54) is 0 Å². The summed E-state index contributed by atoms with van der Waals surface area (Å²) >= 11 is 3.87. The molecule has 0 heterocycles. The fourth-order valence-electron chi connectivity index (χ4n) is 0.584. The first-order valence-corrected chi connectivity index (χ1v) is 3.93. The molecule has 0 bridgehead atoms. The molecule has 0 fully saturated rings. The van der Waals surface area contributed by atoms with Crippen molar-refractivity contribution in [1.29, 1.82) is 0 Å². The first-order valence-electron chi connectivity index (χ1n) is 3.29. The average Bonchev–Trinajstić information content (AvgIpc) is 1.89. The summed E-state index contributed by atoms with van der Waals surface area (Å²) in [5.74, 6) is -1.35. The van der Waals surface area contributed by atoms with Crippen molar-refractivity contribution in [2.24, 2.45) is 0 Å². The summed E-state index contributed by atoms with van der Waals surface area (Å²) in [5, 5.41) is 9.30. The standard InChI is InChI=1S/C6H14O3S/c1-3-8-6(7,5-10)9-4-2/h7,10H,3-5H2,1-2H3. The maximum atomic E-state index is 9.30. The Hall–Kier alpha value is 0.230. The molecule has 0 rings (SSSR count). The molecular weight excluding hydrogens is 152 g/mol. The molecule has 62 valence electrons. The summed E-state index contributed by atoms with van der Waals surface area (Å²) in [5.41, 5.74) is 0.